The van der Waals surface area contributed by atoms with Gasteiger partial charge < -0.3 is 10.2 Å². The fourth-order valence-corrected chi connectivity index (χ4v) is 2.43. The van der Waals surface area contributed by atoms with E-state index in [0.29, 0.717) is 24.6 Å². The van der Waals surface area contributed by atoms with Gasteiger partial charge in [0.15, 0.2) is 0 Å². The first-order valence-corrected chi connectivity index (χ1v) is 6.84. The highest BCUT2D eigenvalue weighted by molar-refractivity contribution is 5.96. The van der Waals surface area contributed by atoms with Gasteiger partial charge in [-0.05, 0) is 19.3 Å². The smallest absolute Gasteiger partial charge is 0.245 e. The Morgan fingerprint density at radius 1 is 1.40 bits per heavy atom. The van der Waals surface area contributed by atoms with E-state index in [1.165, 1.54) is 0 Å². The number of rotatable bonds is 4. The molecule has 1 aliphatic heterocycles. The summed E-state index contributed by atoms with van der Waals surface area (Å²) in [5, 5.41) is 10.6. The maximum atomic E-state index is 12.3. The summed E-state index contributed by atoms with van der Waals surface area (Å²) in [6, 6.07) is -0.914. The van der Waals surface area contributed by atoms with Crippen LogP contribution in [0, 0.1) is 5.92 Å². The monoisotopic (exact) mass is 279 g/mol. The van der Waals surface area contributed by atoms with Gasteiger partial charge in [0.1, 0.15) is 17.8 Å². The predicted molar refractivity (Wildman–Crippen MR) is 72.4 cm³/mol. The second kappa shape index (κ2) is 5.60. The van der Waals surface area contributed by atoms with Gasteiger partial charge in [-0.1, -0.05) is 19.1 Å². The van der Waals surface area contributed by atoms with Crippen LogP contribution in [-0.4, -0.2) is 43.8 Å². The fraction of sp³-hybridized carbons (Fsp3) is 0.692. The van der Waals surface area contributed by atoms with E-state index in [9.17, 15) is 9.59 Å². The zero-order chi connectivity index (χ0) is 14.9. The summed E-state index contributed by atoms with van der Waals surface area (Å²) in [6.45, 7) is 6.10. The van der Waals surface area contributed by atoms with Crippen LogP contribution in [0.15, 0.2) is 6.20 Å². The summed E-state index contributed by atoms with van der Waals surface area (Å²) in [5.41, 5.74) is 0.691. The van der Waals surface area contributed by atoms with E-state index in [1.54, 1.807) is 29.7 Å². The molecule has 1 aromatic rings. The molecule has 7 nitrogen and oxygen atoms in total. The lowest BCUT2D eigenvalue weighted by molar-refractivity contribution is -0.150. The maximum absolute atomic E-state index is 12.3. The third-order valence-corrected chi connectivity index (χ3v) is 3.37. The molecule has 0 saturated carbocycles. The molecule has 1 fully saturated rings. The van der Waals surface area contributed by atoms with E-state index in [4.69, 9.17) is 0 Å². The minimum atomic E-state index is -0.484. The molecule has 1 saturated heterocycles. The average Bonchev–Trinajstić information content (AvgIpc) is 2.76. The highest BCUT2D eigenvalue weighted by Crippen LogP contribution is 2.19. The Balaban J connectivity index is 2.22. The Morgan fingerprint density at radius 2 is 2.10 bits per heavy atom. The quantitative estimate of drug-likeness (QED) is 0.846. The van der Waals surface area contributed by atoms with Crippen molar-refractivity contribution < 1.29 is 9.59 Å². The van der Waals surface area contributed by atoms with Crippen molar-refractivity contribution in [2.75, 3.05) is 0 Å². The lowest BCUT2D eigenvalue weighted by Crippen LogP contribution is -2.62. The molecule has 0 aliphatic carbocycles. The van der Waals surface area contributed by atoms with Crippen molar-refractivity contribution in [3.63, 3.8) is 0 Å². The Hall–Kier alpha value is -1.92. The van der Waals surface area contributed by atoms with Crippen molar-refractivity contribution in [3.05, 3.63) is 11.9 Å². The van der Waals surface area contributed by atoms with Crippen LogP contribution in [0.25, 0.3) is 0 Å². The van der Waals surface area contributed by atoms with E-state index in [-0.39, 0.29) is 11.8 Å². The third kappa shape index (κ3) is 2.97. The molecule has 2 amide bonds. The molecule has 7 heteroatoms. The molecule has 2 unspecified atom stereocenters. The van der Waals surface area contributed by atoms with Gasteiger partial charge in [-0.3, -0.25) is 14.3 Å². The van der Waals surface area contributed by atoms with Crippen LogP contribution in [0.5, 0.6) is 0 Å². The molecule has 2 rings (SSSR count). The second-order valence-electron chi connectivity index (χ2n) is 5.73. The molecular weight excluding hydrogens is 258 g/mol. The number of hydrogen-bond acceptors (Lipinski definition) is 4. The zero-order valence-corrected chi connectivity index (χ0v) is 12.3. The van der Waals surface area contributed by atoms with Gasteiger partial charge in [0.2, 0.25) is 11.8 Å². The Bertz CT molecular complexity index is 511. The maximum Gasteiger partial charge on any atom is 0.245 e. The molecule has 110 valence electrons. The molecule has 1 aliphatic rings. The number of aromatic nitrogens is 3. The number of nitrogens with zero attached hydrogens (tertiary/aromatic N) is 4. The summed E-state index contributed by atoms with van der Waals surface area (Å²) in [4.78, 5) is 26.1. The lowest BCUT2D eigenvalue weighted by Gasteiger charge is -2.38. The summed E-state index contributed by atoms with van der Waals surface area (Å²) in [7, 11) is 1.77. The predicted octanol–water partition coefficient (Wildman–Crippen LogP) is 0.0767. The first kappa shape index (κ1) is 14.5. The van der Waals surface area contributed by atoms with Gasteiger partial charge >= 0.3 is 0 Å². The minimum Gasteiger partial charge on any atom is -0.343 e. The molecule has 1 N–H and O–H groups in total. The molecule has 0 aromatic carbocycles. The van der Waals surface area contributed by atoms with Crippen LogP contribution in [0.4, 0.5) is 0 Å². The number of carbonyl (C=O) groups excluding carboxylic acids is 2. The number of aryl methyl sites for hydroxylation is 1. The molecule has 20 heavy (non-hydrogen) atoms. The first-order chi connectivity index (χ1) is 9.38. The molecule has 1 aromatic heterocycles. The van der Waals surface area contributed by atoms with Crippen molar-refractivity contribution in [3.8, 4) is 0 Å². The van der Waals surface area contributed by atoms with Gasteiger partial charge in [-0.2, -0.15) is 0 Å². The van der Waals surface area contributed by atoms with E-state index >= 15 is 0 Å². The molecule has 0 radical (unpaired) electrons. The van der Waals surface area contributed by atoms with Crippen LogP contribution >= 0.6 is 0 Å². The number of amides is 2. The van der Waals surface area contributed by atoms with Crippen LogP contribution < -0.4 is 5.32 Å². The van der Waals surface area contributed by atoms with Gasteiger partial charge in [0.25, 0.3) is 0 Å². The van der Waals surface area contributed by atoms with Crippen LogP contribution in [0.2, 0.25) is 0 Å². The van der Waals surface area contributed by atoms with Crippen LogP contribution in [-0.2, 0) is 23.2 Å². The lowest BCUT2D eigenvalue weighted by atomic mass is 9.98. The van der Waals surface area contributed by atoms with E-state index in [2.05, 4.69) is 15.6 Å². The van der Waals surface area contributed by atoms with Crippen molar-refractivity contribution in [2.24, 2.45) is 13.0 Å². The normalized spacial score (nSPS) is 23.4. The highest BCUT2D eigenvalue weighted by atomic mass is 16.2. The molecule has 0 spiro atoms. The molecule has 2 atom stereocenters. The molecule has 0 bridgehead atoms. The summed E-state index contributed by atoms with van der Waals surface area (Å²) in [5.74, 6) is 0.173. The van der Waals surface area contributed by atoms with E-state index < -0.39 is 12.1 Å². The summed E-state index contributed by atoms with van der Waals surface area (Å²) in [6.07, 6.45) is 2.40. The second-order valence-corrected chi connectivity index (χ2v) is 5.73. The Labute approximate surface area is 118 Å². The number of carbonyl (C=O) groups is 2. The largest absolute Gasteiger partial charge is 0.343 e. The van der Waals surface area contributed by atoms with Gasteiger partial charge in [0, 0.05) is 13.2 Å². The van der Waals surface area contributed by atoms with Gasteiger partial charge in [-0.15, -0.1) is 5.10 Å². The van der Waals surface area contributed by atoms with Gasteiger partial charge in [0.05, 0.1) is 6.54 Å². The average molecular weight is 279 g/mol. The molecular formula is C13H21N5O2. The summed E-state index contributed by atoms with van der Waals surface area (Å²) < 4.78 is 1.59. The van der Waals surface area contributed by atoms with Crippen molar-refractivity contribution in [1.82, 2.24) is 25.2 Å². The standard InChI is InChI=1S/C13H21N5O2/c1-8(2)5-11-12(19)14-9(3)13(20)18(11)7-10-6-17(4)16-15-10/h6,8-9,11H,5,7H2,1-4H3,(H,14,19). The summed E-state index contributed by atoms with van der Waals surface area (Å²) >= 11 is 0. The molecule has 2 heterocycles. The minimum absolute atomic E-state index is 0.0686. The Kier molecular flexibility index (Phi) is 4.06. The number of hydrogen-bond donors (Lipinski definition) is 1. The van der Waals surface area contributed by atoms with Gasteiger partial charge in [-0.25, -0.2) is 0 Å². The van der Waals surface area contributed by atoms with Crippen molar-refractivity contribution in [1.29, 1.82) is 0 Å². The van der Waals surface area contributed by atoms with Crippen LogP contribution in [0.3, 0.4) is 0 Å². The van der Waals surface area contributed by atoms with E-state index in [0.717, 1.165) is 0 Å². The topological polar surface area (TPSA) is 80.1 Å². The van der Waals surface area contributed by atoms with Crippen molar-refractivity contribution in [2.45, 2.75) is 45.8 Å². The SMILES string of the molecule is CC(C)CC1C(=O)NC(C)C(=O)N1Cc1cn(C)nn1. The van der Waals surface area contributed by atoms with Crippen molar-refractivity contribution >= 4 is 11.8 Å². The van der Waals surface area contributed by atoms with Crippen LogP contribution in [0.1, 0.15) is 32.9 Å². The van der Waals surface area contributed by atoms with E-state index in [1.807, 2.05) is 13.8 Å². The zero-order valence-electron chi connectivity index (χ0n) is 12.3. The highest BCUT2D eigenvalue weighted by Gasteiger charge is 2.38. The first-order valence-electron chi connectivity index (χ1n) is 6.84. The Morgan fingerprint density at radius 3 is 2.65 bits per heavy atom. The third-order valence-electron chi connectivity index (χ3n) is 3.37. The number of piperazine rings is 1. The number of nitrogens with one attached hydrogen (secondary N) is 1. The fourth-order valence-electron chi connectivity index (χ4n) is 2.43.